The normalized spacial score (nSPS) is 16.2. The first-order chi connectivity index (χ1) is 16.8. The summed E-state index contributed by atoms with van der Waals surface area (Å²) in [6.07, 6.45) is -0.419. The number of ether oxygens (including phenoxy) is 3. The summed E-state index contributed by atoms with van der Waals surface area (Å²) in [4.78, 5) is 17.3. The summed E-state index contributed by atoms with van der Waals surface area (Å²) in [6, 6.07) is 26.2. The van der Waals surface area contributed by atoms with Gasteiger partial charge in [-0.25, -0.2) is 4.79 Å². The summed E-state index contributed by atoms with van der Waals surface area (Å²) < 4.78 is 16.5. The van der Waals surface area contributed by atoms with Crippen LogP contribution in [0, 0.1) is 0 Å². The third kappa shape index (κ3) is 5.26. The zero-order chi connectivity index (χ0) is 23.2. The summed E-state index contributed by atoms with van der Waals surface area (Å²) in [7, 11) is 0. The number of alkyl carbamates (subject to hydrolysis) is 1. The number of carbonyl (C=O) groups is 1. The van der Waals surface area contributed by atoms with Crippen LogP contribution in [0.3, 0.4) is 0 Å². The number of hydrogen-bond acceptors (Lipinski definition) is 6. The molecule has 7 nitrogen and oxygen atoms in total. The number of carbonyl (C=O) groups excluding carboxylic acids is 1. The van der Waals surface area contributed by atoms with E-state index in [4.69, 9.17) is 14.2 Å². The second kappa shape index (κ2) is 10.5. The van der Waals surface area contributed by atoms with E-state index >= 15 is 0 Å². The lowest BCUT2D eigenvalue weighted by molar-refractivity contribution is 0.130. The highest BCUT2D eigenvalue weighted by atomic mass is 16.7. The summed E-state index contributed by atoms with van der Waals surface area (Å²) >= 11 is 0. The average molecular weight is 460 g/mol. The van der Waals surface area contributed by atoms with Gasteiger partial charge in [0.05, 0.1) is 6.04 Å². The van der Waals surface area contributed by atoms with Gasteiger partial charge in [0.2, 0.25) is 6.79 Å². The summed E-state index contributed by atoms with van der Waals surface area (Å²) in [6.45, 7) is 4.54. The molecule has 0 spiro atoms. The Morgan fingerprint density at radius 2 is 1.59 bits per heavy atom. The van der Waals surface area contributed by atoms with Crippen molar-refractivity contribution in [1.29, 1.82) is 0 Å². The molecule has 0 saturated carbocycles. The number of piperazine rings is 1. The van der Waals surface area contributed by atoms with Gasteiger partial charge in [-0.2, -0.15) is 0 Å². The number of fused-ring (bicyclic) bond motifs is 1. The van der Waals surface area contributed by atoms with E-state index in [2.05, 4.69) is 45.4 Å². The Labute approximate surface area is 199 Å². The Morgan fingerprint density at radius 1 is 0.882 bits per heavy atom. The first-order valence-corrected chi connectivity index (χ1v) is 11.6. The second-order valence-corrected chi connectivity index (χ2v) is 8.43. The van der Waals surface area contributed by atoms with Gasteiger partial charge in [-0.05, 0) is 35.4 Å². The largest absolute Gasteiger partial charge is 0.454 e. The minimum absolute atomic E-state index is 0.00306. The number of benzene rings is 3. The van der Waals surface area contributed by atoms with Crippen LogP contribution >= 0.6 is 0 Å². The molecule has 5 rings (SSSR count). The molecule has 1 saturated heterocycles. The fourth-order valence-electron chi connectivity index (χ4n) is 4.46. The highest BCUT2D eigenvalue weighted by molar-refractivity contribution is 5.67. The van der Waals surface area contributed by atoms with Gasteiger partial charge in [0.15, 0.2) is 11.5 Å². The van der Waals surface area contributed by atoms with Gasteiger partial charge in [-0.1, -0.05) is 54.6 Å². The number of nitrogens with zero attached hydrogens (tertiary/aromatic N) is 2. The van der Waals surface area contributed by atoms with Gasteiger partial charge >= 0.3 is 6.09 Å². The lowest BCUT2D eigenvalue weighted by Gasteiger charge is -2.40. The van der Waals surface area contributed by atoms with Gasteiger partial charge < -0.3 is 24.4 Å². The summed E-state index contributed by atoms with van der Waals surface area (Å²) in [5.41, 5.74) is 3.28. The molecule has 0 unspecified atom stereocenters. The van der Waals surface area contributed by atoms with Crippen molar-refractivity contribution in [3.8, 4) is 11.5 Å². The van der Waals surface area contributed by atoms with Crippen molar-refractivity contribution >= 4 is 11.8 Å². The van der Waals surface area contributed by atoms with Gasteiger partial charge in [-0.3, -0.25) is 4.90 Å². The van der Waals surface area contributed by atoms with Crippen LogP contribution in [0.1, 0.15) is 17.2 Å². The zero-order valence-corrected chi connectivity index (χ0v) is 19.1. The van der Waals surface area contributed by atoms with Crippen molar-refractivity contribution < 1.29 is 19.0 Å². The van der Waals surface area contributed by atoms with Crippen LogP contribution < -0.4 is 19.7 Å². The quantitative estimate of drug-likeness (QED) is 0.571. The maximum atomic E-state index is 12.5. The lowest BCUT2D eigenvalue weighted by atomic mass is 10.0. The molecular formula is C27H29N3O4. The van der Waals surface area contributed by atoms with Crippen molar-refractivity contribution in [2.45, 2.75) is 12.6 Å². The van der Waals surface area contributed by atoms with E-state index in [0.29, 0.717) is 6.54 Å². The third-order valence-corrected chi connectivity index (χ3v) is 6.31. The molecule has 0 radical (unpaired) electrons. The molecule has 3 aromatic rings. The molecule has 2 aliphatic heterocycles. The smallest absolute Gasteiger partial charge is 0.407 e. The molecule has 2 aliphatic rings. The summed E-state index contributed by atoms with van der Waals surface area (Å²) in [5, 5.41) is 2.97. The number of rotatable bonds is 7. The van der Waals surface area contributed by atoms with Crippen molar-refractivity contribution in [3.05, 3.63) is 90.0 Å². The molecule has 1 amide bonds. The van der Waals surface area contributed by atoms with E-state index in [0.717, 1.165) is 48.8 Å². The van der Waals surface area contributed by atoms with E-state index < -0.39 is 6.09 Å². The third-order valence-electron chi connectivity index (χ3n) is 6.31. The van der Waals surface area contributed by atoms with Gasteiger partial charge in [0.25, 0.3) is 0 Å². The van der Waals surface area contributed by atoms with Crippen LogP contribution in [0.25, 0.3) is 0 Å². The van der Waals surface area contributed by atoms with E-state index in [1.165, 1.54) is 5.69 Å². The van der Waals surface area contributed by atoms with Crippen LogP contribution in [0.4, 0.5) is 10.5 Å². The number of hydrogen-bond donors (Lipinski definition) is 1. The molecule has 7 heteroatoms. The van der Waals surface area contributed by atoms with Crippen LogP contribution in [0.2, 0.25) is 0 Å². The van der Waals surface area contributed by atoms with E-state index in [-0.39, 0.29) is 19.4 Å². The van der Waals surface area contributed by atoms with Crippen LogP contribution in [0.15, 0.2) is 78.9 Å². The number of nitrogens with one attached hydrogen (secondary N) is 1. The maximum Gasteiger partial charge on any atom is 0.407 e. The number of para-hydroxylation sites is 1. The SMILES string of the molecule is O=C(NC[C@@H](c1ccc2c(c1)OCO2)N1CCN(c2ccccc2)CC1)OCc1ccccc1. The molecule has 2 heterocycles. The fraction of sp³-hybridized carbons (Fsp3) is 0.296. The minimum atomic E-state index is -0.419. The second-order valence-electron chi connectivity index (χ2n) is 8.43. The number of anilines is 1. The van der Waals surface area contributed by atoms with Gasteiger partial charge in [0.1, 0.15) is 6.61 Å². The monoisotopic (exact) mass is 459 g/mol. The molecule has 1 fully saturated rings. The molecule has 3 aromatic carbocycles. The van der Waals surface area contributed by atoms with E-state index in [1.807, 2.05) is 48.5 Å². The minimum Gasteiger partial charge on any atom is -0.454 e. The van der Waals surface area contributed by atoms with Gasteiger partial charge in [0, 0.05) is 38.4 Å². The molecule has 1 N–H and O–H groups in total. The zero-order valence-electron chi connectivity index (χ0n) is 19.1. The van der Waals surface area contributed by atoms with E-state index in [9.17, 15) is 4.79 Å². The standard InChI is InChI=1S/C27H29N3O4/c31-27(32-19-21-7-3-1-4-8-21)28-18-24(22-11-12-25-26(17-22)34-20-33-25)30-15-13-29(14-16-30)23-9-5-2-6-10-23/h1-12,17,24H,13-16,18-20H2,(H,28,31)/t24-/m0/s1. The van der Waals surface area contributed by atoms with Crippen LogP contribution in [0.5, 0.6) is 11.5 Å². The average Bonchev–Trinajstić information content (AvgIpc) is 3.37. The Balaban J connectivity index is 1.25. The van der Waals surface area contributed by atoms with Crippen molar-refractivity contribution in [1.82, 2.24) is 10.2 Å². The molecule has 1 atom stereocenters. The van der Waals surface area contributed by atoms with Crippen molar-refractivity contribution in [2.24, 2.45) is 0 Å². The lowest BCUT2D eigenvalue weighted by Crippen LogP contribution is -2.50. The van der Waals surface area contributed by atoms with E-state index in [1.54, 1.807) is 0 Å². The van der Waals surface area contributed by atoms with Crippen molar-refractivity contribution in [3.63, 3.8) is 0 Å². The van der Waals surface area contributed by atoms with Gasteiger partial charge in [-0.15, -0.1) is 0 Å². The Morgan fingerprint density at radius 3 is 2.35 bits per heavy atom. The summed E-state index contributed by atoms with van der Waals surface area (Å²) in [5.74, 6) is 1.50. The Hall–Kier alpha value is -3.71. The van der Waals surface area contributed by atoms with Crippen LogP contribution in [-0.4, -0.2) is 50.5 Å². The predicted molar refractivity (Wildman–Crippen MR) is 130 cm³/mol. The molecule has 0 aliphatic carbocycles. The Kier molecular flexibility index (Phi) is 6.81. The molecular weight excluding hydrogens is 430 g/mol. The molecule has 176 valence electrons. The highest BCUT2D eigenvalue weighted by Gasteiger charge is 2.27. The maximum absolute atomic E-state index is 12.5. The first kappa shape index (κ1) is 22.1. The fourth-order valence-corrected chi connectivity index (χ4v) is 4.46. The molecule has 0 bridgehead atoms. The molecule has 0 aromatic heterocycles. The predicted octanol–water partition coefficient (Wildman–Crippen LogP) is 4.21. The Bertz CT molecular complexity index is 1090. The van der Waals surface area contributed by atoms with Crippen molar-refractivity contribution in [2.75, 3.05) is 44.4 Å². The highest BCUT2D eigenvalue weighted by Crippen LogP contribution is 2.35. The topological polar surface area (TPSA) is 63.3 Å². The number of amides is 1. The van der Waals surface area contributed by atoms with Crippen LogP contribution in [-0.2, 0) is 11.3 Å². The first-order valence-electron chi connectivity index (χ1n) is 11.6. The molecule has 34 heavy (non-hydrogen) atoms.